The third-order valence-electron chi connectivity index (χ3n) is 5.05. The first kappa shape index (κ1) is 15.5. The van der Waals surface area contributed by atoms with Gasteiger partial charge in [0, 0.05) is 0 Å². The van der Waals surface area contributed by atoms with Gasteiger partial charge in [0.1, 0.15) is 0 Å². The SMILES string of the molecule is CCC1(CC)CCN(CCC(C)(C)C(=O)O)CC1. The van der Waals surface area contributed by atoms with Crippen molar-refractivity contribution in [1.82, 2.24) is 4.90 Å². The summed E-state index contributed by atoms with van der Waals surface area (Å²) in [6.45, 7) is 11.4. The Morgan fingerprint density at radius 1 is 1.22 bits per heavy atom. The maximum absolute atomic E-state index is 11.1. The standard InChI is InChI=1S/C15H29NO2/c1-5-15(6-2)8-11-16(12-9-15)10-7-14(3,4)13(17)18/h5-12H2,1-4H3,(H,17,18). The van der Waals surface area contributed by atoms with Gasteiger partial charge in [0.05, 0.1) is 5.41 Å². The molecule has 1 saturated heterocycles. The maximum atomic E-state index is 11.1. The molecule has 106 valence electrons. The van der Waals surface area contributed by atoms with Gasteiger partial charge >= 0.3 is 5.97 Å². The van der Waals surface area contributed by atoms with E-state index in [0.29, 0.717) is 5.41 Å². The molecule has 0 atom stereocenters. The zero-order valence-electron chi connectivity index (χ0n) is 12.5. The summed E-state index contributed by atoms with van der Waals surface area (Å²) in [5.74, 6) is -0.684. The maximum Gasteiger partial charge on any atom is 0.309 e. The zero-order chi connectivity index (χ0) is 13.8. The third kappa shape index (κ3) is 3.71. The molecule has 1 fully saturated rings. The van der Waals surface area contributed by atoms with E-state index in [1.165, 1.54) is 25.7 Å². The third-order valence-corrected chi connectivity index (χ3v) is 5.05. The minimum absolute atomic E-state index is 0.554. The molecule has 0 unspecified atom stereocenters. The van der Waals surface area contributed by atoms with Crippen LogP contribution < -0.4 is 0 Å². The fourth-order valence-corrected chi connectivity index (χ4v) is 2.75. The van der Waals surface area contributed by atoms with Gasteiger partial charge in [-0.05, 0) is 58.2 Å². The Kier molecular flexibility index (Phi) is 5.20. The van der Waals surface area contributed by atoms with Crippen LogP contribution >= 0.6 is 0 Å². The van der Waals surface area contributed by atoms with Crippen molar-refractivity contribution in [2.45, 2.75) is 59.8 Å². The summed E-state index contributed by atoms with van der Waals surface area (Å²) in [5, 5.41) is 9.11. The molecule has 1 heterocycles. The normalized spacial score (nSPS) is 20.9. The number of carbonyl (C=O) groups is 1. The van der Waals surface area contributed by atoms with Crippen molar-refractivity contribution < 1.29 is 9.90 Å². The topological polar surface area (TPSA) is 40.5 Å². The summed E-state index contributed by atoms with van der Waals surface area (Å²) in [4.78, 5) is 13.5. The van der Waals surface area contributed by atoms with E-state index in [1.807, 2.05) is 13.8 Å². The van der Waals surface area contributed by atoms with Crippen LogP contribution in [0.25, 0.3) is 0 Å². The molecule has 0 radical (unpaired) electrons. The number of hydrogen-bond donors (Lipinski definition) is 1. The number of carboxylic acid groups (broad SMARTS) is 1. The highest BCUT2D eigenvalue weighted by atomic mass is 16.4. The first-order valence-electron chi connectivity index (χ1n) is 7.31. The van der Waals surface area contributed by atoms with Crippen LogP contribution in [0.2, 0.25) is 0 Å². The second-order valence-electron chi connectivity index (χ2n) is 6.49. The highest BCUT2D eigenvalue weighted by molar-refractivity contribution is 5.73. The quantitative estimate of drug-likeness (QED) is 0.791. The molecule has 0 aromatic rings. The molecule has 0 aromatic carbocycles. The molecular weight excluding hydrogens is 226 g/mol. The summed E-state index contributed by atoms with van der Waals surface area (Å²) in [6.07, 6.45) is 5.84. The fourth-order valence-electron chi connectivity index (χ4n) is 2.75. The lowest BCUT2D eigenvalue weighted by atomic mass is 9.74. The predicted octanol–water partition coefficient (Wildman–Crippen LogP) is 3.39. The fraction of sp³-hybridized carbons (Fsp3) is 0.933. The van der Waals surface area contributed by atoms with Gasteiger partial charge in [-0.25, -0.2) is 0 Å². The lowest BCUT2D eigenvalue weighted by Crippen LogP contribution is -2.41. The molecule has 3 heteroatoms. The molecule has 1 N–H and O–H groups in total. The Bertz CT molecular complexity index is 272. The highest BCUT2D eigenvalue weighted by Gasteiger charge is 2.33. The lowest BCUT2D eigenvalue weighted by molar-refractivity contribution is -0.147. The first-order valence-corrected chi connectivity index (χ1v) is 7.31. The average Bonchev–Trinajstić information content (AvgIpc) is 2.37. The zero-order valence-corrected chi connectivity index (χ0v) is 12.5. The Morgan fingerprint density at radius 3 is 2.11 bits per heavy atom. The summed E-state index contributed by atoms with van der Waals surface area (Å²) in [6, 6.07) is 0. The van der Waals surface area contributed by atoms with Crippen molar-refractivity contribution in [2.24, 2.45) is 10.8 Å². The van der Waals surface area contributed by atoms with Crippen LogP contribution in [0, 0.1) is 10.8 Å². The van der Waals surface area contributed by atoms with Crippen molar-refractivity contribution >= 4 is 5.97 Å². The van der Waals surface area contributed by atoms with Crippen LogP contribution in [0.4, 0.5) is 0 Å². The monoisotopic (exact) mass is 255 g/mol. The van der Waals surface area contributed by atoms with Gasteiger partial charge in [-0.15, -0.1) is 0 Å². The van der Waals surface area contributed by atoms with Gasteiger partial charge in [0.2, 0.25) is 0 Å². The van der Waals surface area contributed by atoms with Gasteiger partial charge in [0.15, 0.2) is 0 Å². The number of aliphatic carboxylic acids is 1. The number of rotatable bonds is 6. The molecule has 0 aromatic heterocycles. The smallest absolute Gasteiger partial charge is 0.309 e. The largest absolute Gasteiger partial charge is 0.481 e. The van der Waals surface area contributed by atoms with Crippen molar-refractivity contribution in [2.75, 3.05) is 19.6 Å². The molecule has 0 bridgehead atoms. The van der Waals surface area contributed by atoms with Crippen LogP contribution in [-0.4, -0.2) is 35.6 Å². The van der Waals surface area contributed by atoms with E-state index in [0.717, 1.165) is 26.1 Å². The van der Waals surface area contributed by atoms with Gasteiger partial charge in [-0.2, -0.15) is 0 Å². The Balaban J connectivity index is 2.39. The van der Waals surface area contributed by atoms with E-state index in [9.17, 15) is 4.79 Å². The summed E-state index contributed by atoms with van der Waals surface area (Å²) in [5.41, 5.74) is -0.0388. The molecule has 1 rings (SSSR count). The molecule has 1 aliphatic heterocycles. The lowest BCUT2D eigenvalue weighted by Gasteiger charge is -2.41. The Morgan fingerprint density at radius 2 is 1.72 bits per heavy atom. The summed E-state index contributed by atoms with van der Waals surface area (Å²) < 4.78 is 0. The molecular formula is C15H29NO2. The number of nitrogens with zero attached hydrogens (tertiary/aromatic N) is 1. The summed E-state index contributed by atoms with van der Waals surface area (Å²) >= 11 is 0. The minimum atomic E-state index is -0.684. The van der Waals surface area contributed by atoms with E-state index in [2.05, 4.69) is 18.7 Å². The molecule has 0 amide bonds. The number of piperidine rings is 1. The molecule has 1 aliphatic rings. The number of hydrogen-bond acceptors (Lipinski definition) is 2. The van der Waals surface area contributed by atoms with Gasteiger partial charge < -0.3 is 10.0 Å². The summed E-state index contributed by atoms with van der Waals surface area (Å²) in [7, 11) is 0. The molecule has 0 spiro atoms. The highest BCUT2D eigenvalue weighted by Crippen LogP contribution is 2.38. The second-order valence-corrected chi connectivity index (χ2v) is 6.49. The van der Waals surface area contributed by atoms with Crippen LogP contribution in [0.5, 0.6) is 0 Å². The van der Waals surface area contributed by atoms with E-state index in [-0.39, 0.29) is 0 Å². The van der Waals surface area contributed by atoms with Crippen molar-refractivity contribution in [1.29, 1.82) is 0 Å². The van der Waals surface area contributed by atoms with Gasteiger partial charge in [0.25, 0.3) is 0 Å². The van der Waals surface area contributed by atoms with Crippen LogP contribution in [0.3, 0.4) is 0 Å². The van der Waals surface area contributed by atoms with E-state index < -0.39 is 11.4 Å². The van der Waals surface area contributed by atoms with E-state index in [4.69, 9.17) is 5.11 Å². The number of likely N-dealkylation sites (tertiary alicyclic amines) is 1. The van der Waals surface area contributed by atoms with E-state index >= 15 is 0 Å². The number of carboxylic acids is 1. The molecule has 0 saturated carbocycles. The predicted molar refractivity (Wildman–Crippen MR) is 74.7 cm³/mol. The van der Waals surface area contributed by atoms with Gasteiger partial charge in [-0.3, -0.25) is 4.79 Å². The first-order chi connectivity index (χ1) is 8.35. The molecule has 3 nitrogen and oxygen atoms in total. The van der Waals surface area contributed by atoms with Crippen molar-refractivity contribution in [3.05, 3.63) is 0 Å². The molecule has 0 aliphatic carbocycles. The second kappa shape index (κ2) is 6.05. The Labute approximate surface area is 112 Å². The van der Waals surface area contributed by atoms with Gasteiger partial charge in [-0.1, -0.05) is 26.7 Å². The van der Waals surface area contributed by atoms with Crippen molar-refractivity contribution in [3.8, 4) is 0 Å². The minimum Gasteiger partial charge on any atom is -0.481 e. The Hall–Kier alpha value is -0.570. The average molecular weight is 255 g/mol. The van der Waals surface area contributed by atoms with Crippen LogP contribution in [0.1, 0.15) is 59.8 Å². The van der Waals surface area contributed by atoms with E-state index in [1.54, 1.807) is 0 Å². The molecule has 18 heavy (non-hydrogen) atoms. The van der Waals surface area contributed by atoms with Crippen LogP contribution in [0.15, 0.2) is 0 Å². The van der Waals surface area contributed by atoms with Crippen molar-refractivity contribution in [3.63, 3.8) is 0 Å². The van der Waals surface area contributed by atoms with Crippen LogP contribution in [-0.2, 0) is 4.79 Å².